The minimum absolute atomic E-state index is 0.226. The standard InChI is InChI=1S/C44H30Cl2N14O20S6/c45-39-51-41(55-43(53-39)49-27-17-23(81(63,64)65)13-19-15-31(85(75,76)77)35(37(61)33(19)27)59-57-25-5-1-3-7-29(25)83(69,70)71)47-21-9-11-22(12-10-21)48-42-52-40(46)54-44(56-42)50-28-18-24(82(66,67)68)14-20-16-32(86(78,79)80)36(38(62)34(20)28)60-58-26-6-2-4-8-30(26)84(72,73)74/h1-18,61-62H,(H,63,64,65)(H,66,67,68)(H,69,70,71)(H,72,73,74)(H,75,76,77)(H,78,79,80)(H2,47,49,51,53,55)(H2,48,50,52,54,56). The van der Waals surface area contributed by atoms with E-state index in [0.29, 0.717) is 24.3 Å². The number of aromatic nitrogens is 6. The molecule has 34 nitrogen and oxygen atoms in total. The third-order valence-electron chi connectivity index (χ3n) is 11.3. The van der Waals surface area contributed by atoms with E-state index < -0.39 is 180 Å². The summed E-state index contributed by atoms with van der Waals surface area (Å²) in [6.07, 6.45) is 0. The molecule has 0 atom stereocenters. The van der Waals surface area contributed by atoms with E-state index >= 15 is 0 Å². The number of phenolic OH excluding ortho intramolecular Hbond substituents is 2. The molecular formula is C44H30Cl2N14O20S6. The highest BCUT2D eigenvalue weighted by Gasteiger charge is 2.29. The quantitative estimate of drug-likeness (QED) is 0.0283. The fourth-order valence-electron chi connectivity index (χ4n) is 7.78. The first-order chi connectivity index (χ1) is 40.0. The van der Waals surface area contributed by atoms with Gasteiger partial charge < -0.3 is 31.5 Å². The van der Waals surface area contributed by atoms with Crippen LogP contribution in [0, 0.1) is 0 Å². The van der Waals surface area contributed by atoms with Gasteiger partial charge in [-0.15, -0.1) is 20.5 Å². The zero-order chi connectivity index (χ0) is 62.6. The van der Waals surface area contributed by atoms with Crippen molar-refractivity contribution < 1.29 is 88.0 Å². The van der Waals surface area contributed by atoms with Crippen molar-refractivity contribution in [1.29, 1.82) is 0 Å². The largest absolute Gasteiger partial charge is 0.505 e. The van der Waals surface area contributed by atoms with E-state index in [2.05, 4.69) is 71.6 Å². The Morgan fingerprint density at radius 3 is 0.988 bits per heavy atom. The van der Waals surface area contributed by atoms with Gasteiger partial charge in [-0.25, -0.2) is 0 Å². The first-order valence-corrected chi connectivity index (χ1v) is 32.0. The van der Waals surface area contributed by atoms with Crippen LogP contribution in [0.5, 0.6) is 11.5 Å². The Balaban J connectivity index is 1.01. The number of hydrogen-bond donors (Lipinski definition) is 12. The van der Waals surface area contributed by atoms with E-state index in [0.717, 1.165) is 36.4 Å². The molecule has 0 radical (unpaired) electrons. The first kappa shape index (κ1) is 61.7. The van der Waals surface area contributed by atoms with Crippen molar-refractivity contribution >= 4 is 175 Å². The Labute approximate surface area is 492 Å². The third kappa shape index (κ3) is 13.8. The molecule has 0 aliphatic rings. The van der Waals surface area contributed by atoms with Gasteiger partial charge in [0.25, 0.3) is 60.7 Å². The van der Waals surface area contributed by atoms with Crippen molar-refractivity contribution in [3.8, 4) is 11.5 Å². The molecule has 9 aromatic rings. The van der Waals surface area contributed by atoms with Crippen LogP contribution in [-0.2, 0) is 60.7 Å². The molecule has 12 N–H and O–H groups in total. The van der Waals surface area contributed by atoms with Gasteiger partial charge in [-0.2, -0.15) is 80.4 Å². The van der Waals surface area contributed by atoms with Crippen molar-refractivity contribution in [2.24, 2.45) is 20.5 Å². The normalized spacial score (nSPS) is 12.7. The lowest BCUT2D eigenvalue weighted by Gasteiger charge is -2.15. The van der Waals surface area contributed by atoms with Crippen molar-refractivity contribution in [1.82, 2.24) is 29.9 Å². The number of fused-ring (bicyclic) bond motifs is 2. The van der Waals surface area contributed by atoms with Gasteiger partial charge in [-0.1, -0.05) is 24.3 Å². The molecule has 0 amide bonds. The molecule has 0 aliphatic carbocycles. The van der Waals surface area contributed by atoms with Crippen LogP contribution in [0.4, 0.5) is 69.3 Å². The van der Waals surface area contributed by atoms with Gasteiger partial charge in [0, 0.05) is 22.1 Å². The molecule has 446 valence electrons. The number of halogens is 2. The molecule has 0 spiro atoms. The smallest absolute Gasteiger partial charge is 0.296 e. The highest BCUT2D eigenvalue weighted by molar-refractivity contribution is 7.87. The van der Waals surface area contributed by atoms with Crippen LogP contribution >= 0.6 is 23.2 Å². The van der Waals surface area contributed by atoms with Gasteiger partial charge in [-0.05, 0) is 119 Å². The molecule has 0 fully saturated rings. The second-order valence-corrected chi connectivity index (χ2v) is 26.1. The van der Waals surface area contributed by atoms with Crippen molar-refractivity contribution in [3.05, 3.63) is 120 Å². The number of nitrogens with one attached hydrogen (secondary N) is 4. The molecule has 0 saturated carbocycles. The van der Waals surface area contributed by atoms with E-state index in [9.17, 15) is 88.0 Å². The van der Waals surface area contributed by atoms with Crippen molar-refractivity contribution in [2.75, 3.05) is 21.3 Å². The monoisotopic (exact) mass is 1340 g/mol. The van der Waals surface area contributed by atoms with Crippen LogP contribution in [0.2, 0.25) is 10.6 Å². The fourth-order valence-corrected chi connectivity index (χ4v) is 11.8. The lowest BCUT2D eigenvalue weighted by molar-refractivity contribution is 0.471. The molecule has 0 bridgehead atoms. The average molecular weight is 1340 g/mol. The van der Waals surface area contributed by atoms with Crippen LogP contribution in [0.1, 0.15) is 0 Å². The Kier molecular flexibility index (Phi) is 16.4. The second kappa shape index (κ2) is 22.8. The summed E-state index contributed by atoms with van der Waals surface area (Å²) in [7, 11) is -30.9. The molecule has 2 heterocycles. The minimum Gasteiger partial charge on any atom is -0.505 e. The second-order valence-electron chi connectivity index (χ2n) is 17.0. The van der Waals surface area contributed by atoms with Gasteiger partial charge in [0.05, 0.1) is 21.2 Å². The molecule has 7 aromatic carbocycles. The summed E-state index contributed by atoms with van der Waals surface area (Å²) in [6, 6.07) is 18.8. The summed E-state index contributed by atoms with van der Waals surface area (Å²) in [6.45, 7) is 0. The number of rotatable bonds is 18. The number of azo groups is 2. The van der Waals surface area contributed by atoms with Gasteiger partial charge in [0.1, 0.15) is 42.3 Å². The number of anilines is 8. The summed E-state index contributed by atoms with van der Waals surface area (Å²) in [5.41, 5.74) is -3.70. The summed E-state index contributed by atoms with van der Waals surface area (Å²) in [4.78, 5) is 18.5. The average Bonchev–Trinajstić information content (AvgIpc) is 0.856. The van der Waals surface area contributed by atoms with Gasteiger partial charge >= 0.3 is 0 Å². The van der Waals surface area contributed by atoms with Gasteiger partial charge in [-0.3, -0.25) is 27.3 Å². The van der Waals surface area contributed by atoms with Crippen LogP contribution < -0.4 is 21.3 Å². The minimum atomic E-state index is -5.37. The molecule has 42 heteroatoms. The van der Waals surface area contributed by atoms with Crippen LogP contribution in [0.15, 0.2) is 159 Å². The molecule has 86 heavy (non-hydrogen) atoms. The van der Waals surface area contributed by atoms with Crippen LogP contribution in [0.3, 0.4) is 0 Å². The number of hydrogen-bond acceptors (Lipinski definition) is 28. The zero-order valence-electron chi connectivity index (χ0n) is 41.5. The van der Waals surface area contributed by atoms with Crippen molar-refractivity contribution in [2.45, 2.75) is 29.4 Å². The summed E-state index contributed by atoms with van der Waals surface area (Å²) < 4.78 is 208. The maximum absolute atomic E-state index is 12.6. The molecule has 0 aliphatic heterocycles. The third-order valence-corrected chi connectivity index (χ3v) is 16.8. The molecule has 2 aromatic heterocycles. The maximum atomic E-state index is 12.6. The van der Waals surface area contributed by atoms with E-state index in [1.54, 1.807) is 0 Å². The van der Waals surface area contributed by atoms with Crippen molar-refractivity contribution in [3.63, 3.8) is 0 Å². The summed E-state index contributed by atoms with van der Waals surface area (Å²) in [5.74, 6) is -3.88. The predicted molar refractivity (Wildman–Crippen MR) is 301 cm³/mol. The highest BCUT2D eigenvalue weighted by atomic mass is 35.5. The van der Waals surface area contributed by atoms with E-state index in [1.165, 1.54) is 48.5 Å². The summed E-state index contributed by atoms with van der Waals surface area (Å²) >= 11 is 12.5. The SMILES string of the molecule is O=S(=O)(O)c1cc(Nc2nc(Cl)nc(Nc3ccc(Nc4nc(Cl)nc(Nc5cc(S(=O)(=O)O)cc6cc(S(=O)(=O)O)c(N=Nc7ccccc7S(=O)(=O)O)c(O)c56)n4)cc3)n2)c2c(O)c(N=Nc3ccccc3S(=O)(=O)O)c(S(=O)(=O)O)cc2c1. The van der Waals surface area contributed by atoms with Gasteiger partial charge in [0.15, 0.2) is 11.5 Å². The molecule has 0 saturated heterocycles. The first-order valence-electron chi connectivity index (χ1n) is 22.6. The van der Waals surface area contributed by atoms with E-state index in [4.69, 9.17) is 23.2 Å². The summed E-state index contributed by atoms with van der Waals surface area (Å²) in [5, 5.41) is 45.7. The fraction of sp³-hybridized carbons (Fsp3) is 0. The van der Waals surface area contributed by atoms with Crippen LogP contribution in [0.25, 0.3) is 21.5 Å². The highest BCUT2D eigenvalue weighted by Crippen LogP contribution is 2.48. The molecule has 9 rings (SSSR count). The number of nitrogens with zero attached hydrogens (tertiary/aromatic N) is 10. The lowest BCUT2D eigenvalue weighted by Crippen LogP contribution is -2.07. The Morgan fingerprint density at radius 1 is 0.360 bits per heavy atom. The number of aromatic hydroxyl groups is 2. The maximum Gasteiger partial charge on any atom is 0.296 e. The predicted octanol–water partition coefficient (Wildman–Crippen LogP) is 8.37. The Hall–Kier alpha value is -8.88. The van der Waals surface area contributed by atoms with E-state index in [1.807, 2.05) is 0 Å². The van der Waals surface area contributed by atoms with E-state index in [-0.39, 0.29) is 23.3 Å². The lowest BCUT2D eigenvalue weighted by atomic mass is 10.1. The number of benzene rings is 7. The van der Waals surface area contributed by atoms with Gasteiger partial charge in [0.2, 0.25) is 34.4 Å². The Morgan fingerprint density at radius 2 is 0.674 bits per heavy atom. The van der Waals surface area contributed by atoms with Crippen LogP contribution in [-0.4, -0.2) is 118 Å². The number of phenols is 2. The molecular weight excluding hydrogens is 1310 g/mol. The Bertz CT molecular complexity index is 4820. The zero-order valence-corrected chi connectivity index (χ0v) is 48.0. The topological polar surface area (TPSA) is 542 Å². The molecule has 0 unspecified atom stereocenters.